The Morgan fingerprint density at radius 3 is 2.18 bits per heavy atom. The highest BCUT2D eigenvalue weighted by Crippen LogP contribution is 2.31. The molecule has 1 aromatic carbocycles. The normalized spacial score (nSPS) is 11.1. The van der Waals surface area contributed by atoms with Crippen molar-refractivity contribution in [3.63, 3.8) is 0 Å². The van der Waals surface area contributed by atoms with Crippen LogP contribution in [0.4, 0.5) is 0 Å². The molecule has 5 heteroatoms. The van der Waals surface area contributed by atoms with Crippen LogP contribution in [-0.2, 0) is 6.42 Å². The van der Waals surface area contributed by atoms with E-state index in [9.17, 15) is 0 Å². The number of hydrogen-bond donors (Lipinski definition) is 0. The third-order valence-electron chi connectivity index (χ3n) is 4.51. The molecule has 0 atom stereocenters. The summed E-state index contributed by atoms with van der Waals surface area (Å²) in [7, 11) is 0. The predicted octanol–water partition coefficient (Wildman–Crippen LogP) is 5.49. The zero-order chi connectivity index (χ0) is 20.3. The van der Waals surface area contributed by atoms with E-state index in [1.165, 1.54) is 0 Å². The second-order valence-corrected chi connectivity index (χ2v) is 7.54. The highest BCUT2D eigenvalue weighted by molar-refractivity contribution is 5.62. The molecule has 0 N–H and O–H groups in total. The summed E-state index contributed by atoms with van der Waals surface area (Å²) in [5, 5.41) is 8.46. The molecule has 0 amide bonds. The average Bonchev–Trinajstić information content (AvgIpc) is 3.12. The smallest absolute Gasteiger partial charge is 0.249 e. The number of aryl methyl sites for hydroxylation is 3. The highest BCUT2D eigenvalue weighted by atomic mass is 16.5. The molecule has 3 rings (SSSR count). The number of aromatic nitrogens is 3. The molecule has 0 fully saturated rings. The van der Waals surface area contributed by atoms with Gasteiger partial charge in [0.05, 0.1) is 5.56 Å². The van der Waals surface area contributed by atoms with Gasteiger partial charge in [-0.15, -0.1) is 10.2 Å². The number of nitrogens with zero attached hydrogens (tertiary/aromatic N) is 3. The van der Waals surface area contributed by atoms with Gasteiger partial charge in [0.1, 0.15) is 12.4 Å². The topological polar surface area (TPSA) is 61.0 Å². The van der Waals surface area contributed by atoms with Crippen molar-refractivity contribution >= 4 is 0 Å². The molecular weight excluding hydrogens is 350 g/mol. The van der Waals surface area contributed by atoms with Gasteiger partial charge in [-0.2, -0.15) is 0 Å². The molecule has 0 radical (unpaired) electrons. The number of ether oxygens (including phenoxy) is 1. The van der Waals surface area contributed by atoms with Crippen molar-refractivity contribution in [3.05, 3.63) is 59.4 Å². The molecule has 0 spiro atoms. The third-order valence-corrected chi connectivity index (χ3v) is 4.51. The summed E-state index contributed by atoms with van der Waals surface area (Å²) in [6.07, 6.45) is 4.50. The van der Waals surface area contributed by atoms with Gasteiger partial charge in [-0.25, -0.2) is 0 Å². The maximum absolute atomic E-state index is 5.94. The van der Waals surface area contributed by atoms with Crippen LogP contribution in [0.15, 0.2) is 41.5 Å². The number of benzene rings is 1. The lowest BCUT2D eigenvalue weighted by atomic mass is 10.0. The molecule has 0 unspecified atom stereocenters. The lowest BCUT2D eigenvalue weighted by Gasteiger charge is -2.11. The van der Waals surface area contributed by atoms with Crippen molar-refractivity contribution in [2.24, 2.45) is 5.92 Å². The molecule has 0 aliphatic carbocycles. The molecule has 0 aliphatic heterocycles. The van der Waals surface area contributed by atoms with Crippen LogP contribution in [0.25, 0.3) is 22.9 Å². The van der Waals surface area contributed by atoms with Crippen LogP contribution in [0.5, 0.6) is 5.75 Å². The van der Waals surface area contributed by atoms with E-state index in [1.807, 2.05) is 32.2 Å². The van der Waals surface area contributed by atoms with Crippen LogP contribution in [-0.4, -0.2) is 21.8 Å². The molecule has 0 bridgehead atoms. The third kappa shape index (κ3) is 4.30. The highest BCUT2D eigenvalue weighted by Gasteiger charge is 2.15. The van der Waals surface area contributed by atoms with Crippen LogP contribution in [0.1, 0.15) is 36.2 Å². The Morgan fingerprint density at radius 2 is 1.61 bits per heavy atom. The molecule has 2 heterocycles. The summed E-state index contributed by atoms with van der Waals surface area (Å²) in [5.74, 6) is 2.39. The zero-order valence-electron chi connectivity index (χ0n) is 17.2. The van der Waals surface area contributed by atoms with Gasteiger partial charge < -0.3 is 9.15 Å². The van der Waals surface area contributed by atoms with Crippen LogP contribution in [0.2, 0.25) is 0 Å². The van der Waals surface area contributed by atoms with Crippen LogP contribution in [0, 0.1) is 26.7 Å². The Morgan fingerprint density at radius 1 is 1.00 bits per heavy atom. The minimum atomic E-state index is 0.476. The maximum atomic E-state index is 5.94. The van der Waals surface area contributed by atoms with E-state index >= 15 is 0 Å². The Kier molecular flexibility index (Phi) is 5.93. The summed E-state index contributed by atoms with van der Waals surface area (Å²) in [6.45, 7) is 14.6. The fourth-order valence-corrected chi connectivity index (χ4v) is 3.22. The SMILES string of the molecule is C=CCOc1c(C)cc(-c2nnc(-c3cnc(CC(C)C)c(C)c3)o2)cc1C. The van der Waals surface area contributed by atoms with E-state index in [1.54, 1.807) is 6.08 Å². The van der Waals surface area contributed by atoms with Gasteiger partial charge in [-0.3, -0.25) is 4.98 Å². The van der Waals surface area contributed by atoms with Crippen molar-refractivity contribution < 1.29 is 9.15 Å². The van der Waals surface area contributed by atoms with Crippen molar-refractivity contribution in [1.82, 2.24) is 15.2 Å². The van der Waals surface area contributed by atoms with Crippen molar-refractivity contribution in [1.29, 1.82) is 0 Å². The fraction of sp³-hybridized carbons (Fsp3) is 0.348. The van der Waals surface area contributed by atoms with Gasteiger partial charge in [0.2, 0.25) is 11.8 Å². The van der Waals surface area contributed by atoms with Gasteiger partial charge >= 0.3 is 0 Å². The van der Waals surface area contributed by atoms with Crippen LogP contribution >= 0.6 is 0 Å². The molecule has 0 aliphatic rings. The molecule has 0 saturated heterocycles. The Hall–Kier alpha value is -2.95. The lowest BCUT2D eigenvalue weighted by molar-refractivity contribution is 0.358. The van der Waals surface area contributed by atoms with E-state index in [2.05, 4.69) is 48.6 Å². The van der Waals surface area contributed by atoms with Crippen molar-refractivity contribution in [2.45, 2.75) is 41.0 Å². The molecule has 146 valence electrons. The molecule has 2 aromatic heterocycles. The standard InChI is InChI=1S/C23H27N3O2/c1-7-8-27-21-16(5)11-18(12-17(21)6)22-25-26-23(28-22)19-10-15(4)20(24-13-19)9-14(2)3/h7,10-14H,1,8-9H2,2-6H3. The van der Waals surface area contributed by atoms with E-state index in [0.717, 1.165) is 45.7 Å². The van der Waals surface area contributed by atoms with E-state index in [-0.39, 0.29) is 0 Å². The van der Waals surface area contributed by atoms with Crippen molar-refractivity contribution in [2.75, 3.05) is 6.61 Å². The average molecular weight is 377 g/mol. The van der Waals surface area contributed by atoms with Gasteiger partial charge in [0, 0.05) is 17.5 Å². The van der Waals surface area contributed by atoms with Gasteiger partial charge in [0.25, 0.3) is 0 Å². The summed E-state index contributed by atoms with van der Waals surface area (Å²) >= 11 is 0. The second-order valence-electron chi connectivity index (χ2n) is 7.54. The summed E-state index contributed by atoms with van der Waals surface area (Å²) < 4.78 is 11.7. The quantitative estimate of drug-likeness (QED) is 0.510. The van der Waals surface area contributed by atoms with E-state index in [4.69, 9.17) is 9.15 Å². The van der Waals surface area contributed by atoms with Crippen LogP contribution in [0.3, 0.4) is 0 Å². The second kappa shape index (κ2) is 8.38. The first-order valence-corrected chi connectivity index (χ1v) is 9.53. The van der Waals surface area contributed by atoms with E-state index in [0.29, 0.717) is 24.3 Å². The summed E-state index contributed by atoms with van der Waals surface area (Å²) in [4.78, 5) is 4.59. The first-order chi connectivity index (χ1) is 13.4. The van der Waals surface area contributed by atoms with Gasteiger partial charge in [-0.1, -0.05) is 26.5 Å². The minimum Gasteiger partial charge on any atom is -0.489 e. The molecular formula is C23H27N3O2. The monoisotopic (exact) mass is 377 g/mol. The van der Waals surface area contributed by atoms with Gasteiger partial charge in [-0.05, 0) is 68.0 Å². The first-order valence-electron chi connectivity index (χ1n) is 9.53. The molecule has 5 nitrogen and oxygen atoms in total. The molecule has 0 saturated carbocycles. The van der Waals surface area contributed by atoms with Crippen LogP contribution < -0.4 is 4.74 Å². The Labute approximate surface area is 166 Å². The zero-order valence-corrected chi connectivity index (χ0v) is 17.2. The van der Waals surface area contributed by atoms with Gasteiger partial charge in [0.15, 0.2) is 0 Å². The molecule has 3 aromatic rings. The number of pyridine rings is 1. The Balaban J connectivity index is 1.88. The number of hydrogen-bond acceptors (Lipinski definition) is 5. The largest absolute Gasteiger partial charge is 0.489 e. The maximum Gasteiger partial charge on any atom is 0.249 e. The van der Waals surface area contributed by atoms with E-state index < -0.39 is 0 Å². The Bertz CT molecular complexity index is 966. The lowest BCUT2D eigenvalue weighted by Crippen LogP contribution is -2.00. The molecule has 28 heavy (non-hydrogen) atoms. The summed E-state index contributed by atoms with van der Waals surface area (Å²) in [5.41, 5.74) is 6.00. The minimum absolute atomic E-state index is 0.476. The number of rotatable bonds is 7. The fourth-order valence-electron chi connectivity index (χ4n) is 3.22. The summed E-state index contributed by atoms with van der Waals surface area (Å²) in [6, 6.07) is 6.06. The first kappa shape index (κ1) is 19.8. The van der Waals surface area contributed by atoms with Crippen molar-refractivity contribution in [3.8, 4) is 28.7 Å². The predicted molar refractivity (Wildman–Crippen MR) is 111 cm³/mol.